The topological polar surface area (TPSA) is 0 Å². The van der Waals surface area contributed by atoms with Crippen molar-refractivity contribution in [1.29, 1.82) is 0 Å². The predicted molar refractivity (Wildman–Crippen MR) is 170 cm³/mol. The van der Waals surface area contributed by atoms with E-state index in [-0.39, 0.29) is 0 Å². The van der Waals surface area contributed by atoms with Crippen molar-refractivity contribution in [3.05, 3.63) is 130 Å². The maximum Gasteiger partial charge on any atom is 0.0526 e. The Labute approximate surface area is 229 Å². The second-order valence-electron chi connectivity index (χ2n) is 13.4. The van der Waals surface area contributed by atoms with E-state index in [1.54, 1.807) is 11.1 Å². The van der Waals surface area contributed by atoms with Crippen LogP contribution in [0.3, 0.4) is 0 Å². The van der Waals surface area contributed by atoms with Crippen LogP contribution in [0.1, 0.15) is 22.3 Å². The van der Waals surface area contributed by atoms with Crippen molar-refractivity contribution in [2.24, 2.45) is 0 Å². The van der Waals surface area contributed by atoms with Gasteiger partial charge < -0.3 is 0 Å². The zero-order valence-electron chi connectivity index (χ0n) is 23.4. The van der Waals surface area contributed by atoms with Crippen LogP contribution >= 0.6 is 0 Å². The Hall–Kier alpha value is -3.21. The zero-order valence-corrected chi connectivity index (χ0v) is 25.4. The van der Waals surface area contributed by atoms with Crippen LogP contribution in [-0.2, 0) is 0 Å². The Balaban J connectivity index is 1.66. The first-order chi connectivity index (χ1) is 18.2. The molecule has 4 aromatic rings. The molecule has 188 valence electrons. The minimum absolute atomic E-state index is 0.658. The molecule has 0 heterocycles. The van der Waals surface area contributed by atoms with Gasteiger partial charge in [0.25, 0.3) is 0 Å². The Bertz CT molecular complexity index is 1460. The lowest BCUT2D eigenvalue weighted by molar-refractivity contribution is 0.764. The fourth-order valence-corrected chi connectivity index (χ4v) is 15.3. The fourth-order valence-electron chi connectivity index (χ4n) is 7.63. The molecule has 3 aliphatic rings. The average molecular weight is 525 g/mol. The first kappa shape index (κ1) is 23.9. The highest BCUT2D eigenvalue weighted by molar-refractivity contribution is 6.86. The van der Waals surface area contributed by atoms with E-state index < -0.39 is 16.1 Å². The molecule has 7 rings (SSSR count). The summed E-state index contributed by atoms with van der Waals surface area (Å²) in [5.74, 6) is 0. The van der Waals surface area contributed by atoms with Crippen LogP contribution in [0, 0.1) is 0 Å². The van der Waals surface area contributed by atoms with Gasteiger partial charge >= 0.3 is 0 Å². The van der Waals surface area contributed by atoms with Gasteiger partial charge in [-0.2, -0.15) is 0 Å². The second kappa shape index (κ2) is 8.15. The summed E-state index contributed by atoms with van der Waals surface area (Å²) in [7, 11) is -3.11. The van der Waals surface area contributed by atoms with Crippen LogP contribution in [0.2, 0.25) is 50.4 Å². The number of allylic oxidation sites excluding steroid dienone is 2. The van der Waals surface area contributed by atoms with Gasteiger partial charge in [0.1, 0.15) is 0 Å². The van der Waals surface area contributed by atoms with E-state index >= 15 is 0 Å². The van der Waals surface area contributed by atoms with E-state index in [1.807, 2.05) is 0 Å². The molecule has 1 saturated carbocycles. The Morgan fingerprint density at radius 3 is 0.763 bits per heavy atom. The molecule has 0 amide bonds. The molecule has 0 nitrogen and oxygen atoms in total. The number of benzene rings is 4. The monoisotopic (exact) mass is 524 g/mol. The highest BCUT2D eigenvalue weighted by atomic mass is 28.3. The maximum atomic E-state index is 2.61. The molecular weight excluding hydrogens is 489 g/mol. The van der Waals surface area contributed by atoms with Gasteiger partial charge in [-0.05, 0) is 77.9 Å². The number of fused-ring (bicyclic) bond motifs is 6. The molecule has 0 N–H and O–H groups in total. The molecule has 1 fully saturated rings. The molecule has 0 aliphatic heterocycles. The molecule has 2 heteroatoms. The third-order valence-corrected chi connectivity index (χ3v) is 14.3. The van der Waals surface area contributed by atoms with E-state index in [0.29, 0.717) is 11.1 Å². The van der Waals surface area contributed by atoms with Gasteiger partial charge in [0.15, 0.2) is 0 Å². The summed E-state index contributed by atoms with van der Waals surface area (Å²) in [5, 5.41) is 0. The molecule has 0 aromatic heterocycles. The van der Waals surface area contributed by atoms with E-state index in [9.17, 15) is 0 Å². The van der Waals surface area contributed by atoms with Gasteiger partial charge in [0.05, 0.1) is 16.1 Å². The predicted octanol–water partition coefficient (Wildman–Crippen LogP) is 10.4. The molecular formula is C36H36Si2. The fraction of sp³-hybridized carbons (Fsp3) is 0.222. The smallest absolute Gasteiger partial charge is 0.0526 e. The molecule has 0 spiro atoms. The number of rotatable bonds is 2. The molecule has 3 aliphatic carbocycles. The van der Waals surface area contributed by atoms with Gasteiger partial charge in [-0.25, -0.2) is 0 Å². The first-order valence-corrected chi connectivity index (χ1v) is 21.2. The average Bonchev–Trinajstić information content (AvgIpc) is 3.36. The van der Waals surface area contributed by atoms with E-state index in [1.165, 1.54) is 55.7 Å². The maximum absolute atomic E-state index is 2.61. The number of hydrogen-bond donors (Lipinski definition) is 0. The summed E-state index contributed by atoms with van der Waals surface area (Å²) < 4.78 is 0. The molecule has 0 radical (unpaired) electrons. The van der Waals surface area contributed by atoms with Crippen molar-refractivity contribution in [3.63, 3.8) is 0 Å². The SMILES string of the molecule is C[Si](C)(C)[C@H]1C(=C2c3ccccc3-c3ccccc32)C(=C2c3ccccc3-c3ccccc32)[C@@H]1[Si](C)(C)C. The van der Waals surface area contributed by atoms with Gasteiger partial charge in [0.2, 0.25) is 0 Å². The van der Waals surface area contributed by atoms with Crippen LogP contribution < -0.4 is 0 Å². The molecule has 0 bridgehead atoms. The van der Waals surface area contributed by atoms with Gasteiger partial charge in [-0.1, -0.05) is 136 Å². The van der Waals surface area contributed by atoms with Crippen LogP contribution in [0.15, 0.2) is 108 Å². The quantitative estimate of drug-likeness (QED) is 0.198. The lowest BCUT2D eigenvalue weighted by Crippen LogP contribution is -2.50. The molecule has 2 atom stereocenters. The van der Waals surface area contributed by atoms with E-state index in [0.717, 1.165) is 0 Å². The van der Waals surface area contributed by atoms with Crippen molar-refractivity contribution in [2.75, 3.05) is 0 Å². The van der Waals surface area contributed by atoms with Gasteiger partial charge in [0, 0.05) is 0 Å². The largest absolute Gasteiger partial charge is 0.0691 e. The summed E-state index contributed by atoms with van der Waals surface area (Å²) in [6.45, 7) is 15.6. The van der Waals surface area contributed by atoms with Crippen LogP contribution in [0.5, 0.6) is 0 Å². The zero-order chi connectivity index (χ0) is 26.4. The highest BCUT2D eigenvalue weighted by Crippen LogP contribution is 2.69. The summed E-state index contributed by atoms with van der Waals surface area (Å²) in [4.78, 5) is 0. The first-order valence-electron chi connectivity index (χ1n) is 14.0. The summed E-state index contributed by atoms with van der Waals surface area (Å²) in [6, 6.07) is 36.5. The molecule has 0 unspecified atom stereocenters. The molecule has 0 saturated heterocycles. The number of hydrogen-bond acceptors (Lipinski definition) is 0. The van der Waals surface area contributed by atoms with Crippen molar-refractivity contribution < 1.29 is 0 Å². The lowest BCUT2D eigenvalue weighted by atomic mass is 9.74. The van der Waals surface area contributed by atoms with Gasteiger partial charge in [-0.15, -0.1) is 0 Å². The third-order valence-electron chi connectivity index (χ3n) is 9.02. The van der Waals surface area contributed by atoms with Crippen molar-refractivity contribution in [2.45, 2.75) is 50.4 Å². The molecule has 4 aromatic carbocycles. The second-order valence-corrected chi connectivity index (χ2v) is 24.2. The van der Waals surface area contributed by atoms with Crippen molar-refractivity contribution in [3.8, 4) is 22.3 Å². The third kappa shape index (κ3) is 3.26. The van der Waals surface area contributed by atoms with Crippen LogP contribution in [-0.4, -0.2) is 16.1 Å². The standard InChI is InChI=1S/C36H36Si2/c1-37(2,3)35-33(31-27-19-11-7-15-23(27)24-16-8-12-20-28(24)31)34(36(35)38(4,5)6)32-29-21-13-9-17-25(29)26-18-10-14-22-30(26)32/h7-22,35-36H,1-6H3/t35-,36-/m0/s1. The summed E-state index contributed by atoms with van der Waals surface area (Å²) in [6.07, 6.45) is 0. The van der Waals surface area contributed by atoms with Crippen LogP contribution in [0.25, 0.3) is 33.4 Å². The highest BCUT2D eigenvalue weighted by Gasteiger charge is 2.56. The van der Waals surface area contributed by atoms with E-state index in [4.69, 9.17) is 0 Å². The Kier molecular flexibility index (Phi) is 5.12. The summed E-state index contributed by atoms with van der Waals surface area (Å²) >= 11 is 0. The minimum atomic E-state index is -1.55. The Morgan fingerprint density at radius 2 is 0.553 bits per heavy atom. The van der Waals surface area contributed by atoms with Crippen molar-refractivity contribution in [1.82, 2.24) is 0 Å². The Morgan fingerprint density at radius 1 is 0.342 bits per heavy atom. The summed E-state index contributed by atoms with van der Waals surface area (Å²) in [5.41, 5.74) is 19.0. The lowest BCUT2D eigenvalue weighted by Gasteiger charge is -2.56. The normalized spacial score (nSPS) is 19.6. The van der Waals surface area contributed by atoms with Gasteiger partial charge in [-0.3, -0.25) is 0 Å². The van der Waals surface area contributed by atoms with E-state index in [2.05, 4.69) is 136 Å². The molecule has 38 heavy (non-hydrogen) atoms. The van der Waals surface area contributed by atoms with Crippen LogP contribution in [0.4, 0.5) is 0 Å². The minimum Gasteiger partial charge on any atom is -0.0691 e. The van der Waals surface area contributed by atoms with Crippen molar-refractivity contribution >= 4 is 27.3 Å².